The molecule has 1 heterocycles. The fraction of sp³-hybridized carbons (Fsp3) is 0.417. The van der Waals surface area contributed by atoms with Crippen molar-refractivity contribution in [1.29, 1.82) is 0 Å². The molecule has 1 fully saturated rings. The summed E-state index contributed by atoms with van der Waals surface area (Å²) >= 11 is 0. The van der Waals surface area contributed by atoms with Crippen LogP contribution >= 0.6 is 0 Å². The molecule has 2 rings (SSSR count). The lowest BCUT2D eigenvalue weighted by atomic mass is 10.2. The molecule has 1 aromatic heterocycles. The first-order chi connectivity index (χ1) is 8.11. The van der Waals surface area contributed by atoms with Crippen LogP contribution in [-0.4, -0.2) is 42.3 Å². The molecule has 17 heavy (non-hydrogen) atoms. The van der Waals surface area contributed by atoms with Crippen LogP contribution in [-0.2, 0) is 0 Å². The number of carbonyl (C=O) groups excluding carboxylic acids is 2. The van der Waals surface area contributed by atoms with E-state index in [1.807, 2.05) is 0 Å². The fourth-order valence-electron chi connectivity index (χ4n) is 1.38. The van der Waals surface area contributed by atoms with E-state index >= 15 is 0 Å². The molecular formula is C12H14N2O3. The van der Waals surface area contributed by atoms with Crippen molar-refractivity contribution in [3.63, 3.8) is 0 Å². The van der Waals surface area contributed by atoms with Crippen molar-refractivity contribution in [3.05, 3.63) is 23.5 Å². The molecule has 5 nitrogen and oxygen atoms in total. The molecule has 1 aromatic rings. The normalized spacial score (nSPS) is 14.2. The van der Waals surface area contributed by atoms with E-state index in [9.17, 15) is 9.59 Å². The van der Waals surface area contributed by atoms with Gasteiger partial charge in [0.25, 0.3) is 5.91 Å². The Balaban J connectivity index is 2.29. The zero-order valence-corrected chi connectivity index (χ0v) is 9.84. The van der Waals surface area contributed by atoms with Crippen LogP contribution in [0.4, 0.5) is 0 Å². The number of aromatic nitrogens is 1. The first-order valence-corrected chi connectivity index (χ1v) is 5.45. The summed E-state index contributed by atoms with van der Waals surface area (Å²) in [6, 6.07) is 1.58. The molecule has 0 spiro atoms. The molecule has 5 heteroatoms. The fourth-order valence-corrected chi connectivity index (χ4v) is 1.38. The molecule has 0 unspecified atom stereocenters. The van der Waals surface area contributed by atoms with Gasteiger partial charge in [0, 0.05) is 20.3 Å². The molecule has 0 N–H and O–H groups in total. The van der Waals surface area contributed by atoms with Crippen molar-refractivity contribution < 1.29 is 14.3 Å². The summed E-state index contributed by atoms with van der Waals surface area (Å²) in [6.45, 7) is 0. The molecule has 0 aromatic carbocycles. The Bertz CT molecular complexity index is 453. The Morgan fingerprint density at radius 2 is 2.24 bits per heavy atom. The van der Waals surface area contributed by atoms with Gasteiger partial charge in [-0.15, -0.1) is 0 Å². The number of amides is 1. The summed E-state index contributed by atoms with van der Waals surface area (Å²) in [4.78, 5) is 27.9. The van der Waals surface area contributed by atoms with Crippen LogP contribution in [0.5, 0.6) is 5.75 Å². The van der Waals surface area contributed by atoms with Gasteiger partial charge in [0.05, 0.1) is 11.7 Å². The molecule has 1 aliphatic rings. The third-order valence-electron chi connectivity index (χ3n) is 2.46. The van der Waals surface area contributed by atoms with Gasteiger partial charge >= 0.3 is 0 Å². The van der Waals surface area contributed by atoms with E-state index in [0.29, 0.717) is 17.6 Å². The second-order valence-electron chi connectivity index (χ2n) is 4.24. The van der Waals surface area contributed by atoms with Gasteiger partial charge in [-0.1, -0.05) is 0 Å². The molecule has 1 aliphatic carbocycles. The first-order valence-electron chi connectivity index (χ1n) is 5.45. The van der Waals surface area contributed by atoms with Crippen molar-refractivity contribution in [2.75, 3.05) is 14.1 Å². The molecule has 1 amide bonds. The Labute approximate surface area is 99.4 Å². The van der Waals surface area contributed by atoms with Crippen molar-refractivity contribution in [1.82, 2.24) is 9.88 Å². The molecule has 90 valence electrons. The summed E-state index contributed by atoms with van der Waals surface area (Å²) in [6.07, 6.45) is 4.18. The maximum atomic E-state index is 11.7. The number of hydrogen-bond acceptors (Lipinski definition) is 4. The lowest BCUT2D eigenvalue weighted by Crippen LogP contribution is -2.22. The minimum Gasteiger partial charge on any atom is -0.488 e. The molecule has 0 atom stereocenters. The average Bonchev–Trinajstić information content (AvgIpc) is 3.11. The van der Waals surface area contributed by atoms with Crippen LogP contribution in [0.25, 0.3) is 0 Å². The number of rotatable bonds is 4. The topological polar surface area (TPSA) is 59.5 Å². The molecular weight excluding hydrogens is 220 g/mol. The van der Waals surface area contributed by atoms with Crippen LogP contribution in [0, 0.1) is 0 Å². The highest BCUT2D eigenvalue weighted by molar-refractivity contribution is 5.94. The Kier molecular flexibility index (Phi) is 3.08. The van der Waals surface area contributed by atoms with E-state index < -0.39 is 0 Å². The van der Waals surface area contributed by atoms with Gasteiger partial charge < -0.3 is 9.64 Å². The van der Waals surface area contributed by atoms with Crippen LogP contribution in [0.1, 0.15) is 33.7 Å². The summed E-state index contributed by atoms with van der Waals surface area (Å²) in [7, 11) is 3.33. The summed E-state index contributed by atoms with van der Waals surface area (Å²) in [5.74, 6) is 0.241. The molecule has 0 aliphatic heterocycles. The van der Waals surface area contributed by atoms with E-state index in [2.05, 4.69) is 4.98 Å². The highest BCUT2D eigenvalue weighted by Gasteiger charge is 2.25. The average molecular weight is 234 g/mol. The van der Waals surface area contributed by atoms with Crippen LogP contribution in [0.3, 0.4) is 0 Å². The van der Waals surface area contributed by atoms with Crippen LogP contribution < -0.4 is 4.74 Å². The van der Waals surface area contributed by atoms with Crippen molar-refractivity contribution in [2.45, 2.75) is 18.9 Å². The second-order valence-corrected chi connectivity index (χ2v) is 4.24. The quantitative estimate of drug-likeness (QED) is 0.733. The Morgan fingerprint density at radius 3 is 2.76 bits per heavy atom. The van der Waals surface area contributed by atoms with Gasteiger partial charge in [-0.25, -0.2) is 4.98 Å². The van der Waals surface area contributed by atoms with Crippen molar-refractivity contribution in [3.8, 4) is 5.75 Å². The third kappa shape index (κ3) is 2.61. The monoisotopic (exact) mass is 234 g/mol. The number of carbonyl (C=O) groups is 2. The number of aldehydes is 1. The van der Waals surface area contributed by atoms with Gasteiger partial charge in [-0.2, -0.15) is 0 Å². The summed E-state index contributed by atoms with van der Waals surface area (Å²) in [5.41, 5.74) is 0.670. The summed E-state index contributed by atoms with van der Waals surface area (Å²) in [5, 5.41) is 0. The zero-order valence-electron chi connectivity index (χ0n) is 9.84. The smallest absolute Gasteiger partial charge is 0.255 e. The largest absolute Gasteiger partial charge is 0.488 e. The lowest BCUT2D eigenvalue weighted by molar-refractivity contribution is 0.0826. The van der Waals surface area contributed by atoms with Gasteiger partial charge in [0.15, 0.2) is 6.29 Å². The minimum atomic E-state index is -0.157. The van der Waals surface area contributed by atoms with Gasteiger partial charge in [-0.3, -0.25) is 9.59 Å². The van der Waals surface area contributed by atoms with E-state index in [1.54, 1.807) is 20.2 Å². The maximum absolute atomic E-state index is 11.7. The van der Waals surface area contributed by atoms with E-state index in [0.717, 1.165) is 12.8 Å². The minimum absolute atomic E-state index is 0.157. The van der Waals surface area contributed by atoms with Crippen LogP contribution in [0.15, 0.2) is 12.3 Å². The van der Waals surface area contributed by atoms with E-state index in [4.69, 9.17) is 4.74 Å². The van der Waals surface area contributed by atoms with Crippen molar-refractivity contribution in [2.24, 2.45) is 0 Å². The Morgan fingerprint density at radius 1 is 1.53 bits per heavy atom. The molecule has 0 bridgehead atoms. The molecule has 1 saturated carbocycles. The highest BCUT2D eigenvalue weighted by atomic mass is 16.5. The summed E-state index contributed by atoms with van der Waals surface area (Å²) < 4.78 is 5.55. The first kappa shape index (κ1) is 11.6. The Hall–Kier alpha value is -1.91. The predicted octanol–water partition coefficient (Wildman–Crippen LogP) is 1.14. The number of nitrogens with zero attached hydrogens (tertiary/aromatic N) is 2. The highest BCUT2D eigenvalue weighted by Crippen LogP contribution is 2.28. The lowest BCUT2D eigenvalue weighted by Gasteiger charge is -2.12. The number of ether oxygens (including phenoxy) is 1. The molecule has 0 saturated heterocycles. The zero-order chi connectivity index (χ0) is 12.4. The SMILES string of the molecule is CN(C)C(=O)c1cnc(C=O)c(OC2CC2)c1. The van der Waals surface area contributed by atoms with Gasteiger partial charge in [0.1, 0.15) is 11.4 Å². The van der Waals surface area contributed by atoms with Crippen molar-refractivity contribution >= 4 is 12.2 Å². The standard InChI is InChI=1S/C12H14N2O3/c1-14(2)12(16)8-5-11(17-9-3-4-9)10(7-15)13-6-8/h5-7,9H,3-4H2,1-2H3. The number of hydrogen-bond donors (Lipinski definition) is 0. The van der Waals surface area contributed by atoms with Crippen LogP contribution in [0.2, 0.25) is 0 Å². The number of pyridine rings is 1. The van der Waals surface area contributed by atoms with E-state index in [-0.39, 0.29) is 17.7 Å². The second kappa shape index (κ2) is 4.53. The van der Waals surface area contributed by atoms with Gasteiger partial charge in [0.2, 0.25) is 0 Å². The third-order valence-corrected chi connectivity index (χ3v) is 2.46. The maximum Gasteiger partial charge on any atom is 0.255 e. The van der Waals surface area contributed by atoms with E-state index in [1.165, 1.54) is 11.1 Å². The van der Waals surface area contributed by atoms with Gasteiger partial charge in [-0.05, 0) is 18.9 Å². The predicted molar refractivity (Wildman–Crippen MR) is 61.3 cm³/mol. The molecule has 0 radical (unpaired) electrons.